The third-order valence-corrected chi connectivity index (χ3v) is 5.21. The van der Waals surface area contributed by atoms with Crippen LogP contribution in [0.3, 0.4) is 0 Å². The first-order chi connectivity index (χ1) is 11.7. The number of ether oxygens (including phenoxy) is 1. The highest BCUT2D eigenvalue weighted by Crippen LogP contribution is 2.28. The summed E-state index contributed by atoms with van der Waals surface area (Å²) in [5.74, 6) is -0.119. The lowest BCUT2D eigenvalue weighted by Crippen LogP contribution is -2.45. The van der Waals surface area contributed by atoms with Gasteiger partial charge in [0.1, 0.15) is 10.6 Å². The summed E-state index contributed by atoms with van der Waals surface area (Å²) in [6, 6.07) is 4.15. The van der Waals surface area contributed by atoms with Crippen molar-refractivity contribution in [3.05, 3.63) is 23.8 Å². The van der Waals surface area contributed by atoms with Gasteiger partial charge in [-0.3, -0.25) is 4.79 Å². The van der Waals surface area contributed by atoms with Crippen molar-refractivity contribution in [2.75, 3.05) is 7.11 Å². The molecule has 0 saturated carbocycles. The van der Waals surface area contributed by atoms with Crippen LogP contribution in [0.1, 0.15) is 65.2 Å². The van der Waals surface area contributed by atoms with Gasteiger partial charge in [0.15, 0.2) is 0 Å². The third kappa shape index (κ3) is 6.61. The van der Waals surface area contributed by atoms with Gasteiger partial charge in [0.2, 0.25) is 10.0 Å². The number of sulfonamides is 1. The van der Waals surface area contributed by atoms with Gasteiger partial charge < -0.3 is 10.1 Å². The maximum atomic E-state index is 12.7. The fourth-order valence-corrected chi connectivity index (χ4v) is 4.60. The monoisotopic (exact) mass is 384 g/mol. The van der Waals surface area contributed by atoms with Crippen LogP contribution < -0.4 is 14.8 Å². The summed E-state index contributed by atoms with van der Waals surface area (Å²) in [5, 5.41) is 2.99. The number of nitrogens with one attached hydrogen (secondary N) is 2. The number of benzene rings is 1. The van der Waals surface area contributed by atoms with Crippen LogP contribution in [-0.2, 0) is 10.0 Å². The summed E-state index contributed by atoms with van der Waals surface area (Å²) in [7, 11) is -2.39. The van der Waals surface area contributed by atoms with E-state index < -0.39 is 15.6 Å². The predicted octanol–water partition coefficient (Wildman–Crippen LogP) is 3.33. The molecule has 148 valence electrons. The SMILES string of the molecule is COc1ccc(C(=O)NC(C)(C)CC(C)(C)C)cc1S(=O)(=O)NC(C)C. The van der Waals surface area contributed by atoms with Gasteiger partial charge in [0.05, 0.1) is 7.11 Å². The van der Waals surface area contributed by atoms with Crippen LogP contribution in [0.2, 0.25) is 0 Å². The van der Waals surface area contributed by atoms with Crippen molar-refractivity contribution in [3.8, 4) is 5.75 Å². The number of methoxy groups -OCH3 is 1. The molecule has 1 rings (SSSR count). The van der Waals surface area contributed by atoms with Gasteiger partial charge in [0.25, 0.3) is 5.91 Å². The minimum absolute atomic E-state index is 0.0463. The Balaban J connectivity index is 3.19. The van der Waals surface area contributed by atoms with E-state index >= 15 is 0 Å². The fourth-order valence-electron chi connectivity index (χ4n) is 3.15. The molecule has 0 unspecified atom stereocenters. The zero-order chi connectivity index (χ0) is 20.3. The summed E-state index contributed by atoms with van der Waals surface area (Å²) in [4.78, 5) is 12.6. The summed E-state index contributed by atoms with van der Waals surface area (Å²) in [6.07, 6.45) is 0.780. The van der Waals surface area contributed by atoms with E-state index in [1.807, 2.05) is 13.8 Å². The predicted molar refractivity (Wildman–Crippen MR) is 104 cm³/mol. The van der Waals surface area contributed by atoms with Crippen molar-refractivity contribution in [3.63, 3.8) is 0 Å². The molecule has 0 aliphatic carbocycles. The lowest BCUT2D eigenvalue weighted by Gasteiger charge is -2.33. The molecule has 0 saturated heterocycles. The van der Waals surface area contributed by atoms with Crippen LogP contribution in [0, 0.1) is 5.41 Å². The number of hydrogen-bond donors (Lipinski definition) is 2. The van der Waals surface area contributed by atoms with Crippen molar-refractivity contribution in [1.29, 1.82) is 0 Å². The van der Waals surface area contributed by atoms with Crippen LogP contribution in [0.25, 0.3) is 0 Å². The van der Waals surface area contributed by atoms with Gasteiger partial charge in [-0.05, 0) is 57.7 Å². The van der Waals surface area contributed by atoms with Crippen LogP contribution >= 0.6 is 0 Å². The standard InChI is InChI=1S/C19H32N2O4S/c1-13(2)21-26(23,24)16-11-14(9-10-15(16)25-8)17(22)20-19(6,7)12-18(3,4)5/h9-11,13,21H,12H2,1-8H3,(H,20,22). The lowest BCUT2D eigenvalue weighted by molar-refractivity contribution is 0.0891. The average Bonchev–Trinajstić information content (AvgIpc) is 2.41. The van der Waals surface area contributed by atoms with E-state index in [1.165, 1.54) is 19.2 Å². The molecule has 0 aliphatic heterocycles. The van der Waals surface area contributed by atoms with E-state index in [4.69, 9.17) is 4.74 Å². The first-order valence-corrected chi connectivity index (χ1v) is 10.2. The first kappa shape index (κ1) is 22.4. The molecule has 6 nitrogen and oxygen atoms in total. The van der Waals surface area contributed by atoms with Gasteiger partial charge >= 0.3 is 0 Å². The smallest absolute Gasteiger partial charge is 0.251 e. The van der Waals surface area contributed by atoms with E-state index in [0.29, 0.717) is 0 Å². The summed E-state index contributed by atoms with van der Waals surface area (Å²) in [6.45, 7) is 13.7. The number of carbonyl (C=O) groups excluding carboxylic acids is 1. The molecule has 0 fully saturated rings. The van der Waals surface area contributed by atoms with Crippen LogP contribution in [0.4, 0.5) is 0 Å². The molecule has 2 N–H and O–H groups in total. The van der Waals surface area contributed by atoms with Gasteiger partial charge in [-0.25, -0.2) is 13.1 Å². The Morgan fingerprint density at radius 3 is 2.19 bits per heavy atom. The van der Waals surface area contributed by atoms with Gasteiger partial charge in [-0.2, -0.15) is 0 Å². The van der Waals surface area contributed by atoms with Crippen molar-refractivity contribution in [2.45, 2.75) is 71.4 Å². The largest absolute Gasteiger partial charge is 0.495 e. The van der Waals surface area contributed by atoms with E-state index in [9.17, 15) is 13.2 Å². The molecule has 26 heavy (non-hydrogen) atoms. The Bertz CT molecular complexity index is 747. The summed E-state index contributed by atoms with van der Waals surface area (Å²) >= 11 is 0. The molecule has 0 heterocycles. The molecule has 0 atom stereocenters. The second-order valence-corrected chi connectivity index (χ2v) is 10.4. The zero-order valence-electron chi connectivity index (χ0n) is 17.1. The normalized spacial score (nSPS) is 13.0. The third-order valence-electron chi connectivity index (χ3n) is 3.53. The summed E-state index contributed by atoms with van der Waals surface area (Å²) < 4.78 is 32.8. The summed E-state index contributed by atoms with van der Waals surface area (Å²) in [5.41, 5.74) is -0.103. The highest BCUT2D eigenvalue weighted by molar-refractivity contribution is 7.89. The van der Waals surface area contributed by atoms with Gasteiger partial charge in [-0.1, -0.05) is 20.8 Å². The van der Waals surface area contributed by atoms with E-state index in [2.05, 4.69) is 30.8 Å². The Morgan fingerprint density at radius 2 is 1.73 bits per heavy atom. The van der Waals surface area contributed by atoms with Crippen LogP contribution in [0.15, 0.2) is 23.1 Å². The Labute approximate surface area is 157 Å². The number of carbonyl (C=O) groups is 1. The maximum Gasteiger partial charge on any atom is 0.251 e. The quantitative estimate of drug-likeness (QED) is 0.755. The zero-order valence-corrected chi connectivity index (χ0v) is 17.9. The molecule has 0 aromatic heterocycles. The highest BCUT2D eigenvalue weighted by atomic mass is 32.2. The molecule has 0 spiro atoms. The maximum absolute atomic E-state index is 12.7. The van der Waals surface area contributed by atoms with E-state index in [1.54, 1.807) is 19.9 Å². The average molecular weight is 385 g/mol. The second kappa shape index (κ2) is 7.96. The molecule has 1 aromatic carbocycles. The molecule has 0 aliphatic rings. The van der Waals surface area contributed by atoms with Crippen LogP contribution in [0.5, 0.6) is 5.75 Å². The first-order valence-electron chi connectivity index (χ1n) is 8.70. The number of amides is 1. The fraction of sp³-hybridized carbons (Fsp3) is 0.632. The minimum atomic E-state index is -3.79. The van der Waals surface area contributed by atoms with E-state index in [0.717, 1.165) is 6.42 Å². The van der Waals surface area contributed by atoms with Gasteiger partial charge in [-0.15, -0.1) is 0 Å². The molecule has 1 amide bonds. The Hall–Kier alpha value is -1.60. The Morgan fingerprint density at radius 1 is 1.15 bits per heavy atom. The molecule has 0 bridgehead atoms. The topological polar surface area (TPSA) is 84.5 Å². The molecular formula is C19H32N2O4S. The number of hydrogen-bond acceptors (Lipinski definition) is 4. The highest BCUT2D eigenvalue weighted by Gasteiger charge is 2.28. The minimum Gasteiger partial charge on any atom is -0.495 e. The molecule has 7 heteroatoms. The van der Waals surface area contributed by atoms with Crippen molar-refractivity contribution < 1.29 is 17.9 Å². The Kier molecular flexibility index (Phi) is 6.87. The number of rotatable bonds is 7. The van der Waals surface area contributed by atoms with Gasteiger partial charge in [0, 0.05) is 17.1 Å². The second-order valence-electron chi connectivity index (χ2n) is 8.72. The van der Waals surface area contributed by atoms with E-state index in [-0.39, 0.29) is 33.6 Å². The van der Waals surface area contributed by atoms with Crippen molar-refractivity contribution >= 4 is 15.9 Å². The molecule has 0 radical (unpaired) electrons. The van der Waals surface area contributed by atoms with Crippen molar-refractivity contribution in [2.24, 2.45) is 5.41 Å². The lowest BCUT2D eigenvalue weighted by atomic mass is 9.81. The van der Waals surface area contributed by atoms with Crippen LogP contribution in [-0.4, -0.2) is 33.0 Å². The van der Waals surface area contributed by atoms with Crippen molar-refractivity contribution in [1.82, 2.24) is 10.0 Å². The molecular weight excluding hydrogens is 352 g/mol. The molecule has 1 aromatic rings.